The molecule has 1 fully saturated rings. The number of thiazole rings is 1. The predicted molar refractivity (Wildman–Crippen MR) is 79.2 cm³/mol. The number of fused-ring (bicyclic) bond motifs is 1. The highest BCUT2D eigenvalue weighted by Crippen LogP contribution is 2.34. The van der Waals surface area contributed by atoms with E-state index in [1.54, 1.807) is 11.3 Å². The molecule has 0 aromatic carbocycles. The number of Topliss-reactive ketones (excluding diaryl/α,β-unsaturated/α-hetero) is 1. The summed E-state index contributed by atoms with van der Waals surface area (Å²) in [4.78, 5) is 20.1. The Hall–Kier alpha value is -0.900. The first-order valence-electron chi connectivity index (χ1n) is 7.43. The zero-order chi connectivity index (χ0) is 13.4. The fourth-order valence-electron chi connectivity index (χ4n) is 3.15. The number of aromatic nitrogens is 1. The van der Waals surface area contributed by atoms with Crippen molar-refractivity contribution in [2.45, 2.75) is 46.0 Å². The minimum atomic E-state index is 0.251. The number of hydrogen-bond donors (Lipinski definition) is 0. The highest BCUT2D eigenvalue weighted by atomic mass is 32.1. The van der Waals surface area contributed by atoms with Crippen LogP contribution in [-0.2, 0) is 6.42 Å². The van der Waals surface area contributed by atoms with Crippen molar-refractivity contribution in [3.8, 4) is 0 Å². The normalized spacial score (nSPS) is 21.0. The van der Waals surface area contributed by atoms with Crippen molar-refractivity contribution in [3.63, 3.8) is 0 Å². The molecule has 1 aromatic heterocycles. The minimum absolute atomic E-state index is 0.251. The average Bonchev–Trinajstić information content (AvgIpc) is 2.84. The maximum atomic E-state index is 11.8. The second-order valence-electron chi connectivity index (χ2n) is 6.11. The van der Waals surface area contributed by atoms with Crippen molar-refractivity contribution >= 4 is 22.3 Å². The Morgan fingerprint density at radius 1 is 1.26 bits per heavy atom. The molecule has 0 radical (unpaired) electrons. The highest BCUT2D eigenvalue weighted by molar-refractivity contribution is 7.16. The van der Waals surface area contributed by atoms with Crippen LogP contribution in [0.15, 0.2) is 0 Å². The van der Waals surface area contributed by atoms with Crippen LogP contribution in [0.3, 0.4) is 0 Å². The standard InChI is InChI=1S/C15H22N2OS/c1-10(2)11-6-8-17(9-7-11)15-16-14-12(18)4-3-5-13(14)19-15/h10-11H,3-9H2,1-2H3. The van der Waals surface area contributed by atoms with Crippen LogP contribution in [0.2, 0.25) is 0 Å². The van der Waals surface area contributed by atoms with Gasteiger partial charge in [0, 0.05) is 24.4 Å². The van der Waals surface area contributed by atoms with Gasteiger partial charge in [0.05, 0.1) is 0 Å². The van der Waals surface area contributed by atoms with E-state index in [0.717, 1.165) is 48.6 Å². The zero-order valence-corrected chi connectivity index (χ0v) is 12.6. The number of carbonyl (C=O) groups excluding carboxylic acids is 1. The number of anilines is 1. The fraction of sp³-hybridized carbons (Fsp3) is 0.733. The van der Waals surface area contributed by atoms with Gasteiger partial charge < -0.3 is 4.90 Å². The van der Waals surface area contributed by atoms with Crippen LogP contribution in [0.1, 0.15) is 54.9 Å². The number of carbonyl (C=O) groups is 1. The van der Waals surface area contributed by atoms with Crippen LogP contribution < -0.4 is 4.90 Å². The van der Waals surface area contributed by atoms with Crippen LogP contribution in [0, 0.1) is 11.8 Å². The fourth-order valence-corrected chi connectivity index (χ4v) is 4.32. The molecule has 2 heterocycles. The first-order chi connectivity index (χ1) is 9.15. The van der Waals surface area contributed by atoms with Crippen LogP contribution in [0.5, 0.6) is 0 Å². The van der Waals surface area contributed by atoms with E-state index in [4.69, 9.17) is 0 Å². The molecule has 1 aliphatic carbocycles. The predicted octanol–water partition coefficient (Wildman–Crippen LogP) is 3.53. The molecule has 0 unspecified atom stereocenters. The number of aryl methyl sites for hydroxylation is 1. The number of nitrogens with zero attached hydrogens (tertiary/aromatic N) is 2. The van der Waals surface area contributed by atoms with E-state index in [2.05, 4.69) is 23.7 Å². The number of ketones is 1. The van der Waals surface area contributed by atoms with Crippen LogP contribution in [0.4, 0.5) is 5.13 Å². The average molecular weight is 278 g/mol. The van der Waals surface area contributed by atoms with Crippen LogP contribution >= 0.6 is 11.3 Å². The first kappa shape index (κ1) is 13.1. The lowest BCUT2D eigenvalue weighted by Crippen LogP contribution is -2.35. The second kappa shape index (κ2) is 5.23. The molecule has 3 nitrogen and oxygen atoms in total. The van der Waals surface area contributed by atoms with Crippen molar-refractivity contribution in [2.24, 2.45) is 11.8 Å². The summed E-state index contributed by atoms with van der Waals surface area (Å²) in [6, 6.07) is 0. The molecule has 1 saturated heterocycles. The monoisotopic (exact) mass is 278 g/mol. The topological polar surface area (TPSA) is 33.2 Å². The van der Waals surface area contributed by atoms with Gasteiger partial charge in [-0.15, -0.1) is 11.3 Å². The van der Waals surface area contributed by atoms with E-state index in [1.165, 1.54) is 17.7 Å². The smallest absolute Gasteiger partial charge is 0.186 e. The van der Waals surface area contributed by atoms with Gasteiger partial charge in [-0.1, -0.05) is 13.8 Å². The van der Waals surface area contributed by atoms with Crippen molar-refractivity contribution in [1.82, 2.24) is 4.98 Å². The molecular weight excluding hydrogens is 256 g/mol. The lowest BCUT2D eigenvalue weighted by atomic mass is 9.87. The molecule has 0 bridgehead atoms. The molecule has 1 aliphatic heterocycles. The van der Waals surface area contributed by atoms with Gasteiger partial charge >= 0.3 is 0 Å². The Kier molecular flexibility index (Phi) is 3.61. The Morgan fingerprint density at radius 2 is 2.00 bits per heavy atom. The Labute approximate surface area is 119 Å². The van der Waals surface area contributed by atoms with E-state index >= 15 is 0 Å². The molecule has 4 heteroatoms. The Bertz CT molecular complexity index is 472. The summed E-state index contributed by atoms with van der Waals surface area (Å²) in [6.45, 7) is 6.84. The van der Waals surface area contributed by atoms with Gasteiger partial charge in [-0.25, -0.2) is 4.98 Å². The molecule has 0 amide bonds. The third-order valence-electron chi connectivity index (χ3n) is 4.51. The Morgan fingerprint density at radius 3 is 2.63 bits per heavy atom. The van der Waals surface area contributed by atoms with Crippen molar-refractivity contribution in [2.75, 3.05) is 18.0 Å². The summed E-state index contributed by atoms with van der Waals surface area (Å²) < 4.78 is 0. The molecule has 0 atom stereocenters. The number of hydrogen-bond acceptors (Lipinski definition) is 4. The molecular formula is C15H22N2OS. The van der Waals surface area contributed by atoms with Gasteiger partial charge in [-0.05, 0) is 37.5 Å². The van der Waals surface area contributed by atoms with Crippen LogP contribution in [-0.4, -0.2) is 23.9 Å². The summed E-state index contributed by atoms with van der Waals surface area (Å²) in [7, 11) is 0. The largest absolute Gasteiger partial charge is 0.348 e. The maximum absolute atomic E-state index is 11.8. The summed E-state index contributed by atoms with van der Waals surface area (Å²) in [5, 5.41) is 1.09. The van der Waals surface area contributed by atoms with Crippen molar-refractivity contribution < 1.29 is 4.79 Å². The van der Waals surface area contributed by atoms with Crippen LogP contribution in [0.25, 0.3) is 0 Å². The van der Waals surface area contributed by atoms with Gasteiger partial charge in [0.15, 0.2) is 10.9 Å². The summed E-state index contributed by atoms with van der Waals surface area (Å²) in [6.07, 6.45) is 5.25. The lowest BCUT2D eigenvalue weighted by molar-refractivity contribution is 0.0968. The Balaban J connectivity index is 1.72. The molecule has 0 N–H and O–H groups in total. The van der Waals surface area contributed by atoms with E-state index in [1.807, 2.05) is 0 Å². The third-order valence-corrected chi connectivity index (χ3v) is 5.69. The van der Waals surface area contributed by atoms with E-state index in [0.29, 0.717) is 6.42 Å². The lowest BCUT2D eigenvalue weighted by Gasteiger charge is -2.33. The van der Waals surface area contributed by atoms with Crippen molar-refractivity contribution in [3.05, 3.63) is 10.6 Å². The van der Waals surface area contributed by atoms with E-state index in [9.17, 15) is 4.79 Å². The summed E-state index contributed by atoms with van der Waals surface area (Å²) >= 11 is 1.75. The molecule has 3 rings (SSSR count). The van der Waals surface area contributed by atoms with Crippen molar-refractivity contribution in [1.29, 1.82) is 0 Å². The van der Waals surface area contributed by atoms with Gasteiger partial charge in [-0.2, -0.15) is 0 Å². The molecule has 0 saturated carbocycles. The van der Waals surface area contributed by atoms with Gasteiger partial charge in [0.25, 0.3) is 0 Å². The molecule has 19 heavy (non-hydrogen) atoms. The quantitative estimate of drug-likeness (QED) is 0.829. The SMILES string of the molecule is CC(C)C1CCN(c2nc3c(s2)CCCC3=O)CC1. The van der Waals surface area contributed by atoms with E-state index < -0.39 is 0 Å². The highest BCUT2D eigenvalue weighted by Gasteiger charge is 2.27. The second-order valence-corrected chi connectivity index (χ2v) is 7.18. The van der Waals surface area contributed by atoms with E-state index in [-0.39, 0.29) is 5.78 Å². The minimum Gasteiger partial charge on any atom is -0.348 e. The maximum Gasteiger partial charge on any atom is 0.186 e. The number of piperidine rings is 1. The first-order valence-corrected chi connectivity index (χ1v) is 8.24. The third kappa shape index (κ3) is 2.55. The molecule has 2 aliphatic rings. The molecule has 1 aromatic rings. The van der Waals surface area contributed by atoms with Gasteiger partial charge in [0.1, 0.15) is 5.69 Å². The molecule has 0 spiro atoms. The van der Waals surface area contributed by atoms with Gasteiger partial charge in [0.2, 0.25) is 0 Å². The van der Waals surface area contributed by atoms with Gasteiger partial charge in [-0.3, -0.25) is 4.79 Å². The summed E-state index contributed by atoms with van der Waals surface area (Å²) in [5.41, 5.74) is 0.775. The molecule has 104 valence electrons. The number of rotatable bonds is 2. The zero-order valence-electron chi connectivity index (χ0n) is 11.8. The summed E-state index contributed by atoms with van der Waals surface area (Å²) in [5.74, 6) is 1.89.